The Morgan fingerprint density at radius 3 is 2.00 bits per heavy atom. The van der Waals surface area contributed by atoms with Crippen molar-refractivity contribution >= 4 is 17.5 Å². The third-order valence-electron chi connectivity index (χ3n) is 6.22. The van der Waals surface area contributed by atoms with Crippen molar-refractivity contribution in [3.05, 3.63) is 94.0 Å². The van der Waals surface area contributed by atoms with E-state index in [0.29, 0.717) is 10.9 Å². The summed E-state index contributed by atoms with van der Waals surface area (Å²) in [5, 5.41) is 9.77. The van der Waals surface area contributed by atoms with Gasteiger partial charge in [0.15, 0.2) is 16.8 Å². The molecule has 0 unspecified atom stereocenters. The summed E-state index contributed by atoms with van der Waals surface area (Å²) in [7, 11) is 0. The number of aryl methyl sites for hydroxylation is 4. The van der Waals surface area contributed by atoms with E-state index in [-0.39, 0.29) is 11.2 Å². The molecule has 0 amide bonds. The number of hydrogen-bond acceptors (Lipinski definition) is 4. The molecule has 0 bridgehead atoms. The van der Waals surface area contributed by atoms with Crippen LogP contribution in [0.2, 0.25) is 0 Å². The van der Waals surface area contributed by atoms with Crippen molar-refractivity contribution in [1.82, 2.24) is 14.8 Å². The summed E-state index contributed by atoms with van der Waals surface area (Å²) in [6.45, 7) is 14.8. The quantitative estimate of drug-likeness (QED) is 0.211. The molecule has 0 saturated heterocycles. The fraction of sp³-hybridized carbons (Fsp3) is 0.300. The van der Waals surface area contributed by atoms with Gasteiger partial charge in [-0.15, -0.1) is 10.2 Å². The first-order chi connectivity index (χ1) is 16.5. The van der Waals surface area contributed by atoms with Crippen LogP contribution in [-0.2, 0) is 5.41 Å². The average molecular weight is 484 g/mol. The van der Waals surface area contributed by atoms with Crippen molar-refractivity contribution in [2.45, 2.75) is 59.0 Å². The van der Waals surface area contributed by atoms with Crippen LogP contribution in [0, 0.1) is 27.7 Å². The summed E-state index contributed by atoms with van der Waals surface area (Å²) in [5.74, 6) is 1.18. The molecule has 4 aromatic rings. The van der Waals surface area contributed by atoms with E-state index in [9.17, 15) is 4.79 Å². The van der Waals surface area contributed by atoms with E-state index < -0.39 is 0 Å². The molecule has 0 spiro atoms. The molecular formula is C30H33N3OS. The number of benzene rings is 3. The van der Waals surface area contributed by atoms with Crippen LogP contribution in [0.1, 0.15) is 58.9 Å². The fourth-order valence-corrected chi connectivity index (χ4v) is 5.24. The van der Waals surface area contributed by atoms with E-state index in [2.05, 4.69) is 110 Å². The number of hydrogen-bond donors (Lipinski definition) is 0. The Bertz CT molecular complexity index is 1340. The van der Waals surface area contributed by atoms with E-state index in [1.54, 1.807) is 0 Å². The van der Waals surface area contributed by atoms with Crippen LogP contribution in [0.4, 0.5) is 0 Å². The second kappa shape index (κ2) is 9.82. The smallest absolute Gasteiger partial charge is 0.196 e. The van der Waals surface area contributed by atoms with Crippen LogP contribution < -0.4 is 0 Å². The molecular weight excluding hydrogens is 450 g/mol. The Morgan fingerprint density at radius 2 is 1.43 bits per heavy atom. The largest absolute Gasteiger partial charge is 0.293 e. The van der Waals surface area contributed by atoms with Crippen molar-refractivity contribution < 1.29 is 4.79 Å². The molecule has 0 fully saturated rings. The second-order valence-corrected chi connectivity index (χ2v) is 11.2. The summed E-state index contributed by atoms with van der Waals surface area (Å²) in [5.41, 5.74) is 8.53. The highest BCUT2D eigenvalue weighted by molar-refractivity contribution is 7.99. The van der Waals surface area contributed by atoms with Crippen LogP contribution in [0.25, 0.3) is 17.1 Å². The maximum atomic E-state index is 13.2. The zero-order chi connectivity index (χ0) is 25.3. The predicted octanol–water partition coefficient (Wildman–Crippen LogP) is 7.44. The molecule has 0 aliphatic rings. The van der Waals surface area contributed by atoms with Gasteiger partial charge in [-0.1, -0.05) is 92.2 Å². The lowest BCUT2D eigenvalue weighted by atomic mass is 9.87. The molecule has 0 aliphatic carbocycles. The fourth-order valence-electron chi connectivity index (χ4n) is 4.42. The molecule has 180 valence electrons. The molecule has 0 atom stereocenters. The lowest BCUT2D eigenvalue weighted by molar-refractivity contribution is 0.102. The lowest BCUT2D eigenvalue weighted by Gasteiger charge is -2.19. The molecule has 1 aromatic heterocycles. The molecule has 0 radical (unpaired) electrons. The van der Waals surface area contributed by atoms with Gasteiger partial charge in [-0.2, -0.15) is 0 Å². The molecule has 4 nitrogen and oxygen atoms in total. The molecule has 3 aromatic carbocycles. The molecule has 0 N–H and O–H groups in total. The van der Waals surface area contributed by atoms with Crippen molar-refractivity contribution in [3.8, 4) is 17.1 Å². The van der Waals surface area contributed by atoms with Crippen molar-refractivity contribution in [1.29, 1.82) is 0 Å². The highest BCUT2D eigenvalue weighted by Gasteiger charge is 2.20. The summed E-state index contributed by atoms with van der Waals surface area (Å²) in [4.78, 5) is 13.2. The summed E-state index contributed by atoms with van der Waals surface area (Å²) >= 11 is 1.43. The van der Waals surface area contributed by atoms with Crippen molar-refractivity contribution in [3.63, 3.8) is 0 Å². The maximum Gasteiger partial charge on any atom is 0.196 e. The monoisotopic (exact) mass is 483 g/mol. The zero-order valence-corrected chi connectivity index (χ0v) is 22.5. The SMILES string of the molecule is Cc1ccc(-n2c(SCC(=O)c3c(C)cc(C)cc3C)nnc2-c2ccc(C(C)(C)C)cc2)cc1. The van der Waals surface area contributed by atoms with E-state index in [1.807, 2.05) is 13.8 Å². The molecule has 5 heteroatoms. The minimum atomic E-state index is 0.0801. The van der Waals surface area contributed by atoms with Gasteiger partial charge in [-0.25, -0.2) is 0 Å². The molecule has 1 heterocycles. The Labute approximate surface area is 212 Å². The van der Waals surface area contributed by atoms with Crippen molar-refractivity contribution in [2.24, 2.45) is 0 Å². The average Bonchev–Trinajstić information content (AvgIpc) is 3.21. The van der Waals surface area contributed by atoms with Crippen molar-refractivity contribution in [2.75, 3.05) is 5.75 Å². The van der Waals surface area contributed by atoms with Gasteiger partial charge in [-0.05, 0) is 61.9 Å². The number of aromatic nitrogens is 3. The first-order valence-electron chi connectivity index (χ1n) is 11.9. The molecule has 0 saturated carbocycles. The number of ketones is 1. The molecule has 0 aliphatic heterocycles. The van der Waals surface area contributed by atoms with Gasteiger partial charge in [0, 0.05) is 16.8 Å². The summed E-state index contributed by atoms with van der Waals surface area (Å²) in [6.07, 6.45) is 0. The van der Waals surface area contributed by atoms with E-state index >= 15 is 0 Å². The van der Waals surface area contributed by atoms with Crippen LogP contribution in [0.3, 0.4) is 0 Å². The number of thioether (sulfide) groups is 1. The number of carbonyl (C=O) groups is 1. The predicted molar refractivity (Wildman–Crippen MR) is 146 cm³/mol. The Hall–Kier alpha value is -3.18. The van der Waals surface area contributed by atoms with E-state index in [4.69, 9.17) is 0 Å². The van der Waals surface area contributed by atoms with Crippen LogP contribution >= 0.6 is 11.8 Å². The number of carbonyl (C=O) groups excluding carboxylic acids is 1. The Kier molecular flexibility index (Phi) is 7.00. The van der Waals surface area contributed by atoms with Gasteiger partial charge in [0.25, 0.3) is 0 Å². The number of Topliss-reactive ketones (excluding diaryl/α,β-unsaturated/α-hetero) is 1. The molecule has 4 rings (SSSR count). The topological polar surface area (TPSA) is 47.8 Å². The van der Waals surface area contributed by atoms with Crippen LogP contribution in [-0.4, -0.2) is 26.3 Å². The number of nitrogens with zero attached hydrogens (tertiary/aromatic N) is 3. The summed E-state index contributed by atoms with van der Waals surface area (Å²) < 4.78 is 2.05. The minimum Gasteiger partial charge on any atom is -0.293 e. The first-order valence-corrected chi connectivity index (χ1v) is 12.9. The third kappa shape index (κ3) is 5.40. The van der Waals surface area contributed by atoms with E-state index in [1.165, 1.54) is 28.5 Å². The minimum absolute atomic E-state index is 0.0801. The third-order valence-corrected chi connectivity index (χ3v) is 7.15. The highest BCUT2D eigenvalue weighted by Crippen LogP contribution is 2.31. The van der Waals surface area contributed by atoms with Gasteiger partial charge in [0.1, 0.15) is 0 Å². The van der Waals surface area contributed by atoms with E-state index in [0.717, 1.165) is 33.8 Å². The lowest BCUT2D eigenvalue weighted by Crippen LogP contribution is -2.10. The molecule has 35 heavy (non-hydrogen) atoms. The number of rotatable bonds is 6. The zero-order valence-electron chi connectivity index (χ0n) is 21.6. The van der Waals surface area contributed by atoms with Gasteiger partial charge in [-0.3, -0.25) is 9.36 Å². The highest BCUT2D eigenvalue weighted by atomic mass is 32.2. The first kappa shape index (κ1) is 24.9. The van der Waals surface area contributed by atoms with Crippen LogP contribution in [0.15, 0.2) is 65.8 Å². The maximum absolute atomic E-state index is 13.2. The normalized spacial score (nSPS) is 11.6. The standard InChI is InChI=1S/C30H33N3OS/c1-19-8-14-25(15-9-19)33-28(23-10-12-24(13-11-23)30(5,6)7)31-32-29(33)35-18-26(34)27-21(3)16-20(2)17-22(27)4/h8-17H,18H2,1-7H3. The van der Waals surface area contributed by atoms with Gasteiger partial charge in [0.05, 0.1) is 5.75 Å². The summed E-state index contributed by atoms with van der Waals surface area (Å²) in [6, 6.07) is 21.0. The van der Waals surface area contributed by atoms with Gasteiger partial charge < -0.3 is 0 Å². The van der Waals surface area contributed by atoms with Gasteiger partial charge >= 0.3 is 0 Å². The van der Waals surface area contributed by atoms with Crippen LogP contribution in [0.5, 0.6) is 0 Å². The Morgan fingerprint density at radius 1 is 0.829 bits per heavy atom. The van der Waals surface area contributed by atoms with Gasteiger partial charge in [0.2, 0.25) is 0 Å². The Balaban J connectivity index is 1.69. The second-order valence-electron chi connectivity index (χ2n) is 10.3.